The molecule has 0 radical (unpaired) electrons. The Morgan fingerprint density at radius 1 is 1.00 bits per heavy atom. The van der Waals surface area contributed by atoms with Gasteiger partial charge in [0.2, 0.25) is 5.95 Å². The Bertz CT molecular complexity index is 1180. The van der Waals surface area contributed by atoms with Crippen LogP contribution < -0.4 is 10.6 Å². The largest absolute Gasteiger partial charge is 0.324 e. The van der Waals surface area contributed by atoms with E-state index < -0.39 is 0 Å². The van der Waals surface area contributed by atoms with Crippen molar-refractivity contribution in [3.63, 3.8) is 0 Å². The van der Waals surface area contributed by atoms with Crippen LogP contribution in [0.25, 0.3) is 10.9 Å². The Kier molecular flexibility index (Phi) is 3.87. The molecule has 1 aliphatic rings. The molecule has 0 bridgehead atoms. The molecule has 2 aromatic carbocycles. The lowest BCUT2D eigenvalue weighted by Crippen LogP contribution is -2.02. The number of anilines is 4. The topological polar surface area (TPSA) is 102 Å². The van der Waals surface area contributed by atoms with Gasteiger partial charge in [-0.2, -0.15) is 15.3 Å². The first-order valence-corrected chi connectivity index (χ1v) is 9.15. The van der Waals surface area contributed by atoms with Crippen molar-refractivity contribution < 1.29 is 0 Å². The maximum atomic E-state index is 8.94. The summed E-state index contributed by atoms with van der Waals surface area (Å²) in [4.78, 5) is 9.25. The number of para-hydroxylation sites is 1. The molecule has 2 heterocycles. The van der Waals surface area contributed by atoms with Crippen molar-refractivity contribution in [3.05, 3.63) is 65.9 Å². The first-order valence-electron chi connectivity index (χ1n) is 9.15. The number of hydrogen-bond donors (Lipinski definition) is 3. The minimum Gasteiger partial charge on any atom is -0.324 e. The average molecular weight is 367 g/mol. The number of H-pyrrole nitrogens is 1. The molecule has 1 aliphatic carbocycles. The third-order valence-electron chi connectivity index (χ3n) is 4.73. The summed E-state index contributed by atoms with van der Waals surface area (Å²) >= 11 is 0. The summed E-state index contributed by atoms with van der Waals surface area (Å²) in [5, 5.41) is 23.9. The van der Waals surface area contributed by atoms with Crippen molar-refractivity contribution in [1.29, 1.82) is 5.26 Å². The van der Waals surface area contributed by atoms with Crippen LogP contribution in [0.1, 0.15) is 30.0 Å². The lowest BCUT2D eigenvalue weighted by Gasteiger charge is -2.10. The molecule has 1 saturated carbocycles. The van der Waals surface area contributed by atoms with Gasteiger partial charge in [-0.1, -0.05) is 12.1 Å². The summed E-state index contributed by atoms with van der Waals surface area (Å²) in [5.41, 5.74) is 3.42. The van der Waals surface area contributed by atoms with E-state index in [4.69, 9.17) is 5.26 Å². The number of rotatable bonds is 5. The predicted molar refractivity (Wildman–Crippen MR) is 108 cm³/mol. The zero-order valence-electron chi connectivity index (χ0n) is 15.0. The van der Waals surface area contributed by atoms with E-state index in [-0.39, 0.29) is 0 Å². The molecule has 2 aromatic heterocycles. The van der Waals surface area contributed by atoms with E-state index in [0.717, 1.165) is 28.1 Å². The smallest absolute Gasteiger partial charge is 0.229 e. The van der Waals surface area contributed by atoms with Crippen LogP contribution in [0.2, 0.25) is 0 Å². The Labute approximate surface area is 161 Å². The van der Waals surface area contributed by atoms with Crippen molar-refractivity contribution in [2.75, 3.05) is 10.6 Å². The number of nitrogens with zero attached hydrogens (tertiary/aromatic N) is 4. The van der Waals surface area contributed by atoms with Crippen LogP contribution in [-0.4, -0.2) is 20.2 Å². The van der Waals surface area contributed by atoms with Gasteiger partial charge < -0.3 is 10.6 Å². The SMILES string of the molecule is N#Cc1ccc(Nc2nc(Nc3cc(C4CC4)[nH]n3)c3ccccc3n2)cc1. The van der Waals surface area contributed by atoms with Crippen LogP contribution in [0.15, 0.2) is 54.6 Å². The van der Waals surface area contributed by atoms with Crippen LogP contribution in [-0.2, 0) is 0 Å². The van der Waals surface area contributed by atoms with E-state index in [9.17, 15) is 0 Å². The second-order valence-corrected chi connectivity index (χ2v) is 6.83. The maximum Gasteiger partial charge on any atom is 0.229 e. The third kappa shape index (κ3) is 3.23. The Hall–Kier alpha value is -3.92. The molecule has 7 heteroatoms. The zero-order chi connectivity index (χ0) is 18.9. The lowest BCUT2D eigenvalue weighted by atomic mass is 10.2. The number of nitriles is 1. The standard InChI is InChI=1S/C21H17N7/c22-12-13-5-9-15(10-6-13)23-21-24-17-4-2-1-3-16(17)20(26-21)25-19-11-18(27-28-19)14-7-8-14/h1-6,9-11,14H,7-8H2,(H3,23,24,25,26,27,28). The second kappa shape index (κ2) is 6.67. The van der Waals surface area contributed by atoms with Gasteiger partial charge in [0.25, 0.3) is 0 Å². The van der Waals surface area contributed by atoms with Gasteiger partial charge in [-0.15, -0.1) is 0 Å². The summed E-state index contributed by atoms with van der Waals surface area (Å²) in [7, 11) is 0. The molecular formula is C21H17N7. The highest BCUT2D eigenvalue weighted by atomic mass is 15.2. The fraction of sp³-hybridized carbons (Fsp3) is 0.143. The molecule has 0 spiro atoms. The van der Waals surface area contributed by atoms with Crippen LogP contribution in [0.4, 0.5) is 23.3 Å². The van der Waals surface area contributed by atoms with Crippen molar-refractivity contribution in [2.24, 2.45) is 0 Å². The first kappa shape index (κ1) is 16.3. The molecule has 3 N–H and O–H groups in total. The van der Waals surface area contributed by atoms with E-state index in [2.05, 4.69) is 36.9 Å². The average Bonchev–Trinajstić information content (AvgIpc) is 3.48. The molecule has 28 heavy (non-hydrogen) atoms. The quantitative estimate of drug-likeness (QED) is 0.477. The van der Waals surface area contributed by atoms with Gasteiger partial charge in [0, 0.05) is 28.8 Å². The van der Waals surface area contributed by atoms with Crippen molar-refractivity contribution in [1.82, 2.24) is 20.2 Å². The van der Waals surface area contributed by atoms with E-state index in [1.807, 2.05) is 42.5 Å². The Morgan fingerprint density at radius 3 is 2.61 bits per heavy atom. The molecule has 7 nitrogen and oxygen atoms in total. The number of aromatic nitrogens is 4. The molecule has 5 rings (SSSR count). The van der Waals surface area contributed by atoms with Crippen LogP contribution in [0.3, 0.4) is 0 Å². The second-order valence-electron chi connectivity index (χ2n) is 6.83. The summed E-state index contributed by atoms with van der Waals surface area (Å²) in [6.45, 7) is 0. The van der Waals surface area contributed by atoms with Gasteiger partial charge >= 0.3 is 0 Å². The fourth-order valence-electron chi connectivity index (χ4n) is 3.11. The highest BCUT2D eigenvalue weighted by molar-refractivity contribution is 5.91. The normalized spacial score (nSPS) is 13.2. The molecule has 4 aromatic rings. The Morgan fingerprint density at radius 2 is 1.82 bits per heavy atom. The van der Waals surface area contributed by atoms with Crippen molar-refractivity contribution >= 4 is 34.2 Å². The van der Waals surface area contributed by atoms with E-state index in [1.54, 1.807) is 12.1 Å². The monoisotopic (exact) mass is 367 g/mol. The molecule has 0 atom stereocenters. The lowest BCUT2D eigenvalue weighted by molar-refractivity contribution is 0.966. The molecular weight excluding hydrogens is 350 g/mol. The van der Waals surface area contributed by atoms with Crippen molar-refractivity contribution in [3.8, 4) is 6.07 Å². The van der Waals surface area contributed by atoms with Crippen molar-refractivity contribution in [2.45, 2.75) is 18.8 Å². The van der Waals surface area contributed by atoms with Gasteiger partial charge in [0.15, 0.2) is 5.82 Å². The van der Waals surface area contributed by atoms with E-state index >= 15 is 0 Å². The van der Waals surface area contributed by atoms with E-state index in [1.165, 1.54) is 12.8 Å². The van der Waals surface area contributed by atoms with Gasteiger partial charge in [0.05, 0.1) is 17.1 Å². The minimum absolute atomic E-state index is 0.476. The van der Waals surface area contributed by atoms with Crippen LogP contribution >= 0.6 is 0 Å². The third-order valence-corrected chi connectivity index (χ3v) is 4.73. The number of nitrogens with one attached hydrogen (secondary N) is 3. The molecule has 0 unspecified atom stereocenters. The molecule has 1 fully saturated rings. The Balaban J connectivity index is 1.48. The summed E-state index contributed by atoms with van der Waals surface area (Å²) in [6.07, 6.45) is 2.44. The molecule has 0 amide bonds. The maximum absolute atomic E-state index is 8.94. The predicted octanol–water partition coefficient (Wildman–Crippen LogP) is 4.59. The minimum atomic E-state index is 0.476. The van der Waals surface area contributed by atoms with Gasteiger partial charge in [0.1, 0.15) is 5.82 Å². The highest BCUT2D eigenvalue weighted by Gasteiger charge is 2.25. The number of hydrogen-bond acceptors (Lipinski definition) is 6. The van der Waals surface area contributed by atoms with Gasteiger partial charge in [-0.25, -0.2) is 4.98 Å². The van der Waals surface area contributed by atoms with Gasteiger partial charge in [-0.05, 0) is 49.2 Å². The molecule has 0 saturated heterocycles. The molecule has 0 aliphatic heterocycles. The highest BCUT2D eigenvalue weighted by Crippen LogP contribution is 2.39. The fourth-order valence-corrected chi connectivity index (χ4v) is 3.11. The first-order chi connectivity index (χ1) is 13.8. The number of aromatic amines is 1. The summed E-state index contributed by atoms with van der Waals surface area (Å²) in [6, 6.07) is 19.2. The molecule has 136 valence electrons. The summed E-state index contributed by atoms with van der Waals surface area (Å²) < 4.78 is 0. The summed E-state index contributed by atoms with van der Waals surface area (Å²) in [5.74, 6) is 2.52. The van der Waals surface area contributed by atoms with E-state index in [0.29, 0.717) is 23.2 Å². The zero-order valence-corrected chi connectivity index (χ0v) is 15.0. The van der Waals surface area contributed by atoms with Crippen LogP contribution in [0, 0.1) is 11.3 Å². The van der Waals surface area contributed by atoms with Crippen LogP contribution in [0.5, 0.6) is 0 Å². The number of benzene rings is 2. The van der Waals surface area contributed by atoms with Gasteiger partial charge in [-0.3, -0.25) is 5.10 Å². The number of fused-ring (bicyclic) bond motifs is 1.